The van der Waals surface area contributed by atoms with Crippen LogP contribution in [0.4, 0.5) is 5.69 Å². The van der Waals surface area contributed by atoms with Crippen molar-refractivity contribution in [1.82, 2.24) is 4.72 Å². The summed E-state index contributed by atoms with van der Waals surface area (Å²) < 4.78 is 40.3. The van der Waals surface area contributed by atoms with Crippen LogP contribution in [0.15, 0.2) is 102 Å². The first-order valence-electron chi connectivity index (χ1n) is 12.5. The number of carboxylic acid groups (broad SMARTS) is 1. The first-order chi connectivity index (χ1) is 19.7. The summed E-state index contributed by atoms with van der Waals surface area (Å²) in [6, 6.07) is 26.4. The van der Waals surface area contributed by atoms with E-state index in [-0.39, 0.29) is 22.8 Å². The zero-order valence-corrected chi connectivity index (χ0v) is 23.0. The summed E-state index contributed by atoms with van der Waals surface area (Å²) in [5, 5.41) is 20.0. The zero-order chi connectivity index (χ0) is 29.4. The van der Waals surface area contributed by atoms with Crippen LogP contribution in [-0.2, 0) is 16.6 Å². The fourth-order valence-electron chi connectivity index (χ4n) is 4.01. The lowest BCUT2D eigenvalue weighted by atomic mass is 10.1. The summed E-state index contributed by atoms with van der Waals surface area (Å²) in [5.41, 5.74) is 8.50. The van der Waals surface area contributed by atoms with E-state index in [0.717, 1.165) is 5.56 Å². The van der Waals surface area contributed by atoms with E-state index in [4.69, 9.17) is 25.7 Å². The van der Waals surface area contributed by atoms with E-state index in [1.807, 2.05) is 36.4 Å². The van der Waals surface area contributed by atoms with Gasteiger partial charge in [0.25, 0.3) is 0 Å². The molecule has 212 valence electrons. The van der Waals surface area contributed by atoms with Gasteiger partial charge in [0.05, 0.1) is 23.6 Å². The maximum atomic E-state index is 13.0. The van der Waals surface area contributed by atoms with Gasteiger partial charge in [-0.3, -0.25) is 5.41 Å². The molecule has 0 spiro atoms. The van der Waals surface area contributed by atoms with E-state index in [9.17, 15) is 13.2 Å². The van der Waals surface area contributed by atoms with Crippen molar-refractivity contribution in [1.29, 1.82) is 5.41 Å². The minimum absolute atomic E-state index is 0.0147. The highest BCUT2D eigenvalue weighted by Crippen LogP contribution is 2.32. The van der Waals surface area contributed by atoms with Crippen molar-refractivity contribution in [2.75, 3.05) is 19.0 Å². The fraction of sp³-hybridized carbons (Fsp3) is 0.133. The Morgan fingerprint density at radius 1 is 0.927 bits per heavy atom. The molecule has 0 aliphatic carbocycles. The number of methoxy groups -OCH3 is 1. The lowest BCUT2D eigenvalue weighted by Crippen LogP contribution is -2.31. The van der Waals surface area contributed by atoms with Gasteiger partial charge in [-0.15, -0.1) is 0 Å². The molecular weight excluding hydrogens is 544 g/mol. The molecule has 0 saturated heterocycles. The lowest BCUT2D eigenvalue weighted by molar-refractivity contribution is 0.0696. The van der Waals surface area contributed by atoms with Crippen molar-refractivity contribution in [3.8, 4) is 11.5 Å². The number of nitrogens with two attached hydrogens (primary N) is 1. The van der Waals surface area contributed by atoms with Crippen LogP contribution in [0.2, 0.25) is 0 Å². The van der Waals surface area contributed by atoms with E-state index < -0.39 is 22.0 Å². The Labute approximate surface area is 238 Å². The number of ether oxygens (including phenoxy) is 2. The average molecular weight is 575 g/mol. The second-order valence-electron chi connectivity index (χ2n) is 9.05. The number of nitrogen functional groups attached to an aromatic ring is 1. The smallest absolute Gasteiger partial charge is 0.335 e. The van der Waals surface area contributed by atoms with Crippen LogP contribution in [0, 0.1) is 5.41 Å². The molecule has 0 fully saturated rings. The largest absolute Gasteiger partial charge is 0.493 e. The van der Waals surface area contributed by atoms with E-state index >= 15 is 0 Å². The summed E-state index contributed by atoms with van der Waals surface area (Å²) in [6.07, 6.45) is 0. The van der Waals surface area contributed by atoms with E-state index in [0.29, 0.717) is 34.9 Å². The third-order valence-corrected chi connectivity index (χ3v) is 7.69. The SMILES string of the molecule is COc1cc(C(CNS(=O)(=O)c2ccc(C(=O)O)cc2)Nc2ccc(C(=N)N)cc2)ccc1OCc1ccccc1. The van der Waals surface area contributed by atoms with Crippen molar-refractivity contribution in [2.24, 2.45) is 5.73 Å². The Hall–Kier alpha value is -4.87. The summed E-state index contributed by atoms with van der Waals surface area (Å²) in [6.45, 7) is 0.298. The topological polar surface area (TPSA) is 164 Å². The number of anilines is 1. The van der Waals surface area contributed by atoms with Crippen LogP contribution in [0.25, 0.3) is 0 Å². The lowest BCUT2D eigenvalue weighted by Gasteiger charge is -2.23. The summed E-state index contributed by atoms with van der Waals surface area (Å²) >= 11 is 0. The number of nitrogens with one attached hydrogen (secondary N) is 3. The molecule has 0 aliphatic rings. The summed E-state index contributed by atoms with van der Waals surface area (Å²) in [5.74, 6) is -0.203. The van der Waals surface area contributed by atoms with Gasteiger partial charge in [0.1, 0.15) is 12.4 Å². The molecule has 0 aliphatic heterocycles. The van der Waals surface area contributed by atoms with Crippen molar-refractivity contribution in [3.63, 3.8) is 0 Å². The summed E-state index contributed by atoms with van der Waals surface area (Å²) in [7, 11) is -2.43. The molecule has 1 atom stereocenters. The van der Waals surface area contributed by atoms with Crippen LogP contribution < -0.4 is 25.2 Å². The van der Waals surface area contributed by atoms with Crippen molar-refractivity contribution in [3.05, 3.63) is 119 Å². The van der Waals surface area contributed by atoms with Gasteiger partial charge in [-0.2, -0.15) is 0 Å². The molecule has 4 aromatic rings. The molecule has 0 aromatic heterocycles. The minimum atomic E-state index is -3.96. The summed E-state index contributed by atoms with van der Waals surface area (Å²) in [4.78, 5) is 11.1. The number of sulfonamides is 1. The van der Waals surface area contributed by atoms with Gasteiger partial charge < -0.3 is 25.6 Å². The van der Waals surface area contributed by atoms with Crippen LogP contribution in [0.5, 0.6) is 11.5 Å². The highest BCUT2D eigenvalue weighted by molar-refractivity contribution is 7.89. The number of amidine groups is 1. The molecule has 0 saturated carbocycles. The van der Waals surface area contributed by atoms with Crippen molar-refractivity contribution < 1.29 is 27.8 Å². The number of benzene rings is 4. The van der Waals surface area contributed by atoms with Gasteiger partial charge in [0, 0.05) is 17.8 Å². The average Bonchev–Trinajstić information content (AvgIpc) is 2.99. The van der Waals surface area contributed by atoms with Crippen LogP contribution in [-0.4, -0.2) is 39.0 Å². The van der Waals surface area contributed by atoms with Gasteiger partial charge in [-0.05, 0) is 71.8 Å². The van der Waals surface area contributed by atoms with Crippen LogP contribution in [0.3, 0.4) is 0 Å². The molecule has 10 nitrogen and oxygen atoms in total. The number of carboxylic acids is 1. The Balaban J connectivity index is 1.58. The second kappa shape index (κ2) is 13.0. The predicted molar refractivity (Wildman–Crippen MR) is 156 cm³/mol. The monoisotopic (exact) mass is 574 g/mol. The van der Waals surface area contributed by atoms with E-state index in [1.54, 1.807) is 36.4 Å². The highest BCUT2D eigenvalue weighted by atomic mass is 32.2. The molecule has 6 N–H and O–H groups in total. The van der Waals surface area contributed by atoms with Gasteiger partial charge in [0.15, 0.2) is 11.5 Å². The van der Waals surface area contributed by atoms with Gasteiger partial charge in [0.2, 0.25) is 10.0 Å². The van der Waals surface area contributed by atoms with E-state index in [1.165, 1.54) is 31.4 Å². The van der Waals surface area contributed by atoms with Crippen LogP contribution >= 0.6 is 0 Å². The first-order valence-corrected chi connectivity index (χ1v) is 14.0. The number of aromatic carboxylic acids is 1. The first kappa shape index (κ1) is 29.1. The van der Waals surface area contributed by atoms with Gasteiger partial charge in [-0.1, -0.05) is 36.4 Å². The standard InChI is InChI=1S/C30H30N4O6S/c1-39-28-17-23(11-16-27(28)40-19-20-5-3-2-4-6-20)26(34-24-12-7-21(8-13-24)29(31)32)18-33-41(37,38)25-14-9-22(10-15-25)30(35)36/h2-17,26,33-34H,18-19H2,1H3,(H3,31,32)(H,35,36). The molecular formula is C30H30N4O6S. The maximum absolute atomic E-state index is 13.0. The van der Waals surface area contributed by atoms with Crippen molar-refractivity contribution >= 4 is 27.5 Å². The minimum Gasteiger partial charge on any atom is -0.493 e. The maximum Gasteiger partial charge on any atom is 0.335 e. The number of hydrogen-bond acceptors (Lipinski definition) is 7. The molecule has 11 heteroatoms. The molecule has 4 aromatic carbocycles. The Morgan fingerprint density at radius 2 is 1.59 bits per heavy atom. The highest BCUT2D eigenvalue weighted by Gasteiger charge is 2.20. The number of carbonyl (C=O) groups is 1. The Kier molecular flexibility index (Phi) is 9.23. The molecule has 0 heterocycles. The van der Waals surface area contributed by atoms with Gasteiger partial charge in [-0.25, -0.2) is 17.9 Å². The van der Waals surface area contributed by atoms with Crippen LogP contribution in [0.1, 0.15) is 33.1 Å². The second-order valence-corrected chi connectivity index (χ2v) is 10.8. The van der Waals surface area contributed by atoms with Crippen molar-refractivity contribution in [2.45, 2.75) is 17.5 Å². The zero-order valence-electron chi connectivity index (χ0n) is 22.2. The molecule has 0 radical (unpaired) electrons. The predicted octanol–water partition coefficient (Wildman–Crippen LogP) is 4.39. The Morgan fingerprint density at radius 3 is 2.20 bits per heavy atom. The molecule has 0 amide bonds. The quantitative estimate of drug-likeness (QED) is 0.116. The third-order valence-electron chi connectivity index (χ3n) is 6.25. The normalized spacial score (nSPS) is 11.8. The molecule has 0 bridgehead atoms. The third kappa shape index (κ3) is 7.62. The Bertz CT molecular complexity index is 1610. The van der Waals surface area contributed by atoms with Gasteiger partial charge >= 0.3 is 5.97 Å². The molecule has 1 unspecified atom stereocenters. The molecule has 41 heavy (non-hydrogen) atoms. The number of rotatable bonds is 13. The fourth-order valence-corrected chi connectivity index (χ4v) is 5.06. The number of hydrogen-bond donors (Lipinski definition) is 5. The van der Waals surface area contributed by atoms with E-state index in [2.05, 4.69) is 10.0 Å². The molecule has 4 rings (SSSR count).